The van der Waals surface area contributed by atoms with Gasteiger partial charge in [-0.05, 0) is 31.7 Å². The molecule has 0 spiro atoms. The van der Waals surface area contributed by atoms with Crippen LogP contribution in [0.15, 0.2) is 30.3 Å². The second kappa shape index (κ2) is 3.95. The largest absolute Gasteiger partial charge is 0.366 e. The van der Waals surface area contributed by atoms with E-state index in [0.717, 1.165) is 12.0 Å². The minimum absolute atomic E-state index is 0.00907. The second-order valence-electron chi connectivity index (χ2n) is 4.81. The highest BCUT2D eigenvalue weighted by Crippen LogP contribution is 2.49. The summed E-state index contributed by atoms with van der Waals surface area (Å²) in [6.45, 7) is 1.65. The summed E-state index contributed by atoms with van der Waals surface area (Å²) in [5, 5.41) is 0. The molecule has 0 unspecified atom stereocenters. The summed E-state index contributed by atoms with van der Waals surface area (Å²) >= 11 is 0. The molecule has 2 heterocycles. The van der Waals surface area contributed by atoms with Crippen LogP contribution >= 0.6 is 0 Å². The van der Waals surface area contributed by atoms with Gasteiger partial charge < -0.3 is 4.74 Å². The van der Waals surface area contributed by atoms with Crippen molar-refractivity contribution in [3.63, 3.8) is 0 Å². The van der Waals surface area contributed by atoms with Crippen LogP contribution in [0.4, 0.5) is 0 Å². The molecule has 2 nitrogen and oxygen atoms in total. The molecule has 0 aliphatic carbocycles. The third-order valence-electron chi connectivity index (χ3n) is 3.72. The standard InChI is InChI=1S/C15H15O2/c1-11(16)13-10-15(9-5-8-14(13)17-15)12-6-3-2-4-7-12/h2-9,13-14H,10H2,1H3/t13-,14-,15+/m0/s1. The molecule has 3 radical (unpaired) electrons. The van der Waals surface area contributed by atoms with Crippen LogP contribution < -0.4 is 0 Å². The number of Topliss-reactive ketones (excluding diaryl/α,β-unsaturated/α-hetero) is 1. The fraction of sp³-hybridized carbons (Fsp3) is 0.333. The molecule has 2 aliphatic heterocycles. The van der Waals surface area contributed by atoms with Gasteiger partial charge in [0.05, 0.1) is 11.7 Å². The van der Waals surface area contributed by atoms with Crippen LogP contribution in [0, 0.1) is 25.2 Å². The first-order valence-electron chi connectivity index (χ1n) is 5.98. The van der Waals surface area contributed by atoms with E-state index in [2.05, 4.69) is 18.6 Å². The molecule has 1 aromatic rings. The van der Waals surface area contributed by atoms with Gasteiger partial charge in [-0.25, -0.2) is 0 Å². The van der Waals surface area contributed by atoms with Gasteiger partial charge in [-0.2, -0.15) is 0 Å². The predicted octanol–water partition coefficient (Wildman–Crippen LogP) is 2.50. The summed E-state index contributed by atoms with van der Waals surface area (Å²) in [6, 6.07) is 10.1. The van der Waals surface area contributed by atoms with Crippen molar-refractivity contribution in [3.05, 3.63) is 55.2 Å². The first kappa shape index (κ1) is 11.0. The first-order valence-corrected chi connectivity index (χ1v) is 5.98. The molecule has 2 fully saturated rings. The van der Waals surface area contributed by atoms with Gasteiger partial charge in [0.15, 0.2) is 0 Å². The monoisotopic (exact) mass is 227 g/mol. The molecule has 3 rings (SSSR count). The van der Waals surface area contributed by atoms with Gasteiger partial charge in [-0.3, -0.25) is 4.79 Å². The Morgan fingerprint density at radius 3 is 2.82 bits per heavy atom. The van der Waals surface area contributed by atoms with Crippen LogP contribution in [0.3, 0.4) is 0 Å². The maximum atomic E-state index is 11.6. The number of ketones is 1. The third kappa shape index (κ3) is 1.71. The Morgan fingerprint density at radius 2 is 2.12 bits per heavy atom. The normalized spacial score (nSPS) is 35.8. The topological polar surface area (TPSA) is 26.3 Å². The Kier molecular flexibility index (Phi) is 2.55. The molecular weight excluding hydrogens is 212 g/mol. The smallest absolute Gasteiger partial charge is 0.135 e. The van der Waals surface area contributed by atoms with E-state index in [-0.39, 0.29) is 17.8 Å². The van der Waals surface area contributed by atoms with Crippen LogP contribution in [0.1, 0.15) is 18.9 Å². The van der Waals surface area contributed by atoms with E-state index in [9.17, 15) is 4.79 Å². The average molecular weight is 227 g/mol. The summed E-state index contributed by atoms with van der Waals surface area (Å²) in [5.74, 6) is 0.206. The van der Waals surface area contributed by atoms with Crippen LogP contribution in [-0.4, -0.2) is 11.9 Å². The molecule has 2 heteroatoms. The minimum atomic E-state index is -0.392. The zero-order valence-corrected chi connectivity index (χ0v) is 9.80. The first-order chi connectivity index (χ1) is 8.21. The summed E-state index contributed by atoms with van der Waals surface area (Å²) < 4.78 is 6.08. The van der Waals surface area contributed by atoms with Crippen molar-refractivity contribution in [2.24, 2.45) is 5.92 Å². The van der Waals surface area contributed by atoms with E-state index in [0.29, 0.717) is 0 Å². The third-order valence-corrected chi connectivity index (χ3v) is 3.72. The van der Waals surface area contributed by atoms with Crippen molar-refractivity contribution in [2.75, 3.05) is 0 Å². The van der Waals surface area contributed by atoms with Gasteiger partial charge in [0, 0.05) is 12.3 Å². The molecule has 17 heavy (non-hydrogen) atoms. The number of hydrogen-bond acceptors (Lipinski definition) is 2. The van der Waals surface area contributed by atoms with E-state index in [1.807, 2.05) is 31.0 Å². The Hall–Kier alpha value is -1.15. The maximum Gasteiger partial charge on any atom is 0.135 e. The average Bonchev–Trinajstić information content (AvgIpc) is 2.63. The van der Waals surface area contributed by atoms with Crippen molar-refractivity contribution < 1.29 is 9.53 Å². The van der Waals surface area contributed by atoms with Gasteiger partial charge >= 0.3 is 0 Å². The lowest BCUT2D eigenvalue weighted by molar-refractivity contribution is -0.122. The highest BCUT2D eigenvalue weighted by Gasteiger charge is 2.51. The van der Waals surface area contributed by atoms with Gasteiger partial charge in [0.1, 0.15) is 5.78 Å². The number of carbonyl (C=O) groups is 1. The number of ether oxygens (including phenoxy) is 1. The zero-order chi connectivity index (χ0) is 11.9. The maximum absolute atomic E-state index is 11.6. The Labute approximate surface area is 102 Å². The van der Waals surface area contributed by atoms with Crippen molar-refractivity contribution in [1.82, 2.24) is 0 Å². The zero-order valence-electron chi connectivity index (χ0n) is 9.80. The molecule has 87 valence electrons. The van der Waals surface area contributed by atoms with E-state index in [1.165, 1.54) is 0 Å². The van der Waals surface area contributed by atoms with Gasteiger partial charge in [-0.1, -0.05) is 30.3 Å². The molecule has 3 atom stereocenters. The fourth-order valence-corrected chi connectivity index (χ4v) is 2.79. The van der Waals surface area contributed by atoms with Crippen LogP contribution in [0.25, 0.3) is 0 Å². The summed E-state index contributed by atoms with van der Waals surface area (Å²) in [5.41, 5.74) is 0.745. The van der Waals surface area contributed by atoms with E-state index < -0.39 is 5.60 Å². The molecule has 2 bridgehead atoms. The fourth-order valence-electron chi connectivity index (χ4n) is 2.79. The molecule has 2 aliphatic rings. The number of carbonyl (C=O) groups excluding carboxylic acids is 1. The number of benzene rings is 1. The lowest BCUT2D eigenvalue weighted by Gasteiger charge is -2.33. The van der Waals surface area contributed by atoms with Crippen molar-refractivity contribution in [2.45, 2.75) is 25.0 Å². The predicted molar refractivity (Wildman–Crippen MR) is 64.7 cm³/mol. The SMILES string of the molecule is CC(=O)[C@@H]1C[C@@]2(c3ccccc3)[CH][CH][CH][C@@H]1O2. The van der Waals surface area contributed by atoms with E-state index in [1.54, 1.807) is 6.92 Å². The molecule has 0 N–H and O–H groups in total. The summed E-state index contributed by atoms with van der Waals surface area (Å²) in [6.07, 6.45) is 6.79. The van der Waals surface area contributed by atoms with E-state index in [4.69, 9.17) is 4.74 Å². The summed E-state index contributed by atoms with van der Waals surface area (Å²) in [4.78, 5) is 11.6. The van der Waals surface area contributed by atoms with Gasteiger partial charge in [0.2, 0.25) is 0 Å². The Balaban J connectivity index is 1.96. The lowest BCUT2D eigenvalue weighted by Crippen LogP contribution is -2.32. The number of fused-ring (bicyclic) bond motifs is 2. The quantitative estimate of drug-likeness (QED) is 0.776. The van der Waals surface area contributed by atoms with Gasteiger partial charge in [0.25, 0.3) is 0 Å². The molecule has 0 amide bonds. The van der Waals surface area contributed by atoms with Crippen molar-refractivity contribution >= 4 is 5.78 Å². The molecule has 1 aromatic carbocycles. The minimum Gasteiger partial charge on any atom is -0.366 e. The van der Waals surface area contributed by atoms with Crippen LogP contribution in [0.5, 0.6) is 0 Å². The Morgan fingerprint density at radius 1 is 1.35 bits per heavy atom. The van der Waals surface area contributed by atoms with Crippen molar-refractivity contribution in [1.29, 1.82) is 0 Å². The lowest BCUT2D eigenvalue weighted by atomic mass is 9.84. The highest BCUT2D eigenvalue weighted by atomic mass is 16.5. The molecular formula is C15H15O2. The van der Waals surface area contributed by atoms with Gasteiger partial charge in [-0.15, -0.1) is 0 Å². The van der Waals surface area contributed by atoms with Crippen molar-refractivity contribution in [3.8, 4) is 0 Å². The Bertz CT molecular complexity index is 426. The molecule has 0 saturated carbocycles. The van der Waals surface area contributed by atoms with Crippen LogP contribution in [0.2, 0.25) is 0 Å². The van der Waals surface area contributed by atoms with E-state index >= 15 is 0 Å². The highest BCUT2D eigenvalue weighted by molar-refractivity contribution is 5.80. The number of rotatable bonds is 2. The molecule has 2 saturated heterocycles. The second-order valence-corrected chi connectivity index (χ2v) is 4.81. The van der Waals surface area contributed by atoms with Crippen LogP contribution in [-0.2, 0) is 15.1 Å². The summed E-state index contributed by atoms with van der Waals surface area (Å²) in [7, 11) is 0. The number of hydrogen-bond donors (Lipinski definition) is 0. The molecule has 0 aromatic heterocycles.